The van der Waals surface area contributed by atoms with Crippen LogP contribution < -0.4 is 5.32 Å². The molecular formula is C25H21N3O5S. The molecule has 172 valence electrons. The lowest BCUT2D eigenvalue weighted by atomic mass is 10.1. The van der Waals surface area contributed by atoms with E-state index in [2.05, 4.69) is 10.3 Å². The largest absolute Gasteiger partial charge is 0.478 e. The summed E-state index contributed by atoms with van der Waals surface area (Å²) in [6.07, 6.45) is 1.75. The van der Waals surface area contributed by atoms with Crippen molar-refractivity contribution in [2.75, 3.05) is 0 Å². The highest BCUT2D eigenvalue weighted by Crippen LogP contribution is 2.31. The number of benzene rings is 2. The van der Waals surface area contributed by atoms with E-state index in [0.717, 1.165) is 34.3 Å². The molecule has 2 heterocycles. The van der Waals surface area contributed by atoms with Crippen molar-refractivity contribution in [3.05, 3.63) is 87.1 Å². The molecule has 0 atom stereocenters. The minimum Gasteiger partial charge on any atom is -0.478 e. The molecular weight excluding hydrogens is 454 g/mol. The van der Waals surface area contributed by atoms with E-state index in [1.807, 2.05) is 51.1 Å². The first kappa shape index (κ1) is 23.1. The number of carboxylic acids is 2. The van der Waals surface area contributed by atoms with Crippen molar-refractivity contribution in [2.45, 2.75) is 20.8 Å². The Bertz CT molecular complexity index is 1390. The maximum atomic E-state index is 12.6. The van der Waals surface area contributed by atoms with Gasteiger partial charge in [0.05, 0.1) is 21.7 Å². The van der Waals surface area contributed by atoms with Crippen LogP contribution in [0.3, 0.4) is 0 Å². The second-order valence-corrected chi connectivity index (χ2v) is 8.84. The van der Waals surface area contributed by atoms with Gasteiger partial charge in [-0.15, -0.1) is 0 Å². The van der Waals surface area contributed by atoms with Gasteiger partial charge in [0.25, 0.3) is 5.91 Å². The highest BCUT2D eigenvalue weighted by atomic mass is 32.2. The Morgan fingerprint density at radius 2 is 1.65 bits per heavy atom. The van der Waals surface area contributed by atoms with Crippen LogP contribution in [0.5, 0.6) is 0 Å². The van der Waals surface area contributed by atoms with Gasteiger partial charge in [0.1, 0.15) is 0 Å². The number of amides is 1. The minimum atomic E-state index is -1.21. The molecule has 1 saturated heterocycles. The molecule has 0 saturated carbocycles. The molecule has 1 aromatic heterocycles. The van der Waals surface area contributed by atoms with Crippen LogP contribution >= 0.6 is 11.8 Å². The van der Waals surface area contributed by atoms with Gasteiger partial charge in [-0.25, -0.2) is 14.6 Å². The van der Waals surface area contributed by atoms with E-state index in [4.69, 9.17) is 0 Å². The average molecular weight is 476 g/mol. The molecule has 34 heavy (non-hydrogen) atoms. The van der Waals surface area contributed by atoms with E-state index in [1.165, 1.54) is 23.9 Å². The number of rotatable bonds is 5. The van der Waals surface area contributed by atoms with Gasteiger partial charge in [-0.05, 0) is 80.1 Å². The van der Waals surface area contributed by atoms with Crippen molar-refractivity contribution in [3.63, 3.8) is 0 Å². The minimum absolute atomic E-state index is 0.120. The summed E-state index contributed by atoms with van der Waals surface area (Å²) in [6, 6.07) is 13.5. The average Bonchev–Trinajstić information content (AvgIpc) is 3.27. The van der Waals surface area contributed by atoms with E-state index in [-0.39, 0.29) is 17.0 Å². The van der Waals surface area contributed by atoms with Crippen molar-refractivity contribution in [2.24, 2.45) is 4.99 Å². The number of para-hydroxylation sites is 1. The number of amidine groups is 1. The summed E-state index contributed by atoms with van der Waals surface area (Å²) in [5.41, 5.74) is 4.21. The van der Waals surface area contributed by atoms with Crippen LogP contribution in [-0.4, -0.2) is 37.8 Å². The highest BCUT2D eigenvalue weighted by Gasteiger charge is 2.25. The predicted octanol–water partition coefficient (Wildman–Crippen LogP) is 4.69. The van der Waals surface area contributed by atoms with Crippen LogP contribution in [0.4, 0.5) is 5.69 Å². The monoisotopic (exact) mass is 475 g/mol. The SMILES string of the molecule is Cc1ccccc1N=C1NC(=O)/C(=C/c2cc(C)n(-c3cc(C(=O)O)cc(C(=O)O)c3)c2C)S1. The summed E-state index contributed by atoms with van der Waals surface area (Å²) in [4.78, 5) is 40.6. The number of aryl methyl sites for hydroxylation is 2. The van der Waals surface area contributed by atoms with Gasteiger partial charge in [0.2, 0.25) is 0 Å². The number of thioether (sulfide) groups is 1. The molecule has 0 radical (unpaired) electrons. The molecule has 2 aromatic carbocycles. The van der Waals surface area contributed by atoms with Gasteiger partial charge < -0.3 is 20.1 Å². The van der Waals surface area contributed by atoms with Gasteiger partial charge in [0, 0.05) is 17.1 Å². The van der Waals surface area contributed by atoms with Gasteiger partial charge in [0.15, 0.2) is 5.17 Å². The molecule has 0 unspecified atom stereocenters. The lowest BCUT2D eigenvalue weighted by Crippen LogP contribution is -2.19. The first-order valence-electron chi connectivity index (χ1n) is 10.3. The summed E-state index contributed by atoms with van der Waals surface area (Å²) < 4.78 is 1.77. The maximum Gasteiger partial charge on any atom is 0.335 e. The number of nitrogens with zero attached hydrogens (tertiary/aromatic N) is 2. The molecule has 0 aliphatic carbocycles. The maximum absolute atomic E-state index is 12.6. The zero-order chi connectivity index (χ0) is 24.6. The Kier molecular flexibility index (Phi) is 6.12. The number of aromatic nitrogens is 1. The molecule has 0 bridgehead atoms. The molecule has 9 heteroatoms. The Morgan fingerprint density at radius 1 is 1.00 bits per heavy atom. The third-order valence-electron chi connectivity index (χ3n) is 5.42. The van der Waals surface area contributed by atoms with E-state index in [0.29, 0.717) is 15.8 Å². The highest BCUT2D eigenvalue weighted by molar-refractivity contribution is 8.18. The molecule has 3 aromatic rings. The van der Waals surface area contributed by atoms with Gasteiger partial charge in [-0.3, -0.25) is 4.79 Å². The molecule has 0 spiro atoms. The number of hydrogen-bond donors (Lipinski definition) is 3. The smallest absolute Gasteiger partial charge is 0.335 e. The zero-order valence-corrected chi connectivity index (χ0v) is 19.4. The van der Waals surface area contributed by atoms with Crippen molar-refractivity contribution in [1.29, 1.82) is 0 Å². The number of carboxylic acid groups (broad SMARTS) is 2. The van der Waals surface area contributed by atoms with Crippen LogP contribution in [-0.2, 0) is 4.79 Å². The number of carbonyl (C=O) groups excluding carboxylic acids is 1. The zero-order valence-electron chi connectivity index (χ0n) is 18.6. The van der Waals surface area contributed by atoms with Crippen molar-refractivity contribution < 1.29 is 24.6 Å². The van der Waals surface area contributed by atoms with Crippen molar-refractivity contribution in [1.82, 2.24) is 9.88 Å². The molecule has 1 amide bonds. The first-order valence-corrected chi connectivity index (χ1v) is 11.1. The lowest BCUT2D eigenvalue weighted by molar-refractivity contribution is -0.115. The molecule has 1 fully saturated rings. The van der Waals surface area contributed by atoms with Crippen molar-refractivity contribution in [3.8, 4) is 5.69 Å². The lowest BCUT2D eigenvalue weighted by Gasteiger charge is -2.12. The Labute approximate surface area is 199 Å². The van der Waals surface area contributed by atoms with Crippen molar-refractivity contribution >= 4 is 46.5 Å². The fourth-order valence-corrected chi connectivity index (χ4v) is 4.56. The Morgan fingerprint density at radius 3 is 2.26 bits per heavy atom. The van der Waals surface area contributed by atoms with E-state index >= 15 is 0 Å². The number of aromatic carboxylic acids is 2. The molecule has 1 aliphatic rings. The van der Waals surface area contributed by atoms with Crippen LogP contribution in [0.15, 0.2) is 58.4 Å². The van der Waals surface area contributed by atoms with E-state index in [9.17, 15) is 24.6 Å². The van der Waals surface area contributed by atoms with Crippen LogP contribution in [0.25, 0.3) is 11.8 Å². The third kappa shape index (κ3) is 4.51. The fourth-order valence-electron chi connectivity index (χ4n) is 3.74. The topological polar surface area (TPSA) is 121 Å². The van der Waals surface area contributed by atoms with Gasteiger partial charge in [-0.1, -0.05) is 18.2 Å². The summed E-state index contributed by atoms with van der Waals surface area (Å²) >= 11 is 1.24. The van der Waals surface area contributed by atoms with Gasteiger partial charge in [-0.2, -0.15) is 0 Å². The summed E-state index contributed by atoms with van der Waals surface area (Å²) in [7, 11) is 0. The molecule has 4 rings (SSSR count). The van der Waals surface area contributed by atoms with E-state index < -0.39 is 11.9 Å². The van der Waals surface area contributed by atoms with Gasteiger partial charge >= 0.3 is 11.9 Å². The van der Waals surface area contributed by atoms with E-state index in [1.54, 1.807) is 10.6 Å². The molecule has 8 nitrogen and oxygen atoms in total. The Balaban J connectivity index is 1.71. The number of aliphatic imine (C=N–C) groups is 1. The predicted molar refractivity (Wildman–Crippen MR) is 131 cm³/mol. The van der Waals surface area contributed by atoms with Crippen LogP contribution in [0.2, 0.25) is 0 Å². The quantitative estimate of drug-likeness (QED) is 0.460. The Hall–Kier alpha value is -4.11. The normalized spacial score (nSPS) is 15.7. The number of hydrogen-bond acceptors (Lipinski definition) is 5. The standard InChI is InChI=1S/C25H21N3O5S/c1-13-6-4-5-7-20(13)26-25-27-22(29)21(34-25)12-16-8-14(2)28(15(16)3)19-10-17(23(30)31)9-18(11-19)24(32)33/h4-12H,1-3H3,(H,30,31)(H,32,33)(H,26,27,29)/b21-12-. The van der Waals surface area contributed by atoms with Crippen LogP contribution in [0, 0.1) is 20.8 Å². The number of carbonyl (C=O) groups is 3. The fraction of sp³-hybridized carbons (Fsp3) is 0.120. The molecule has 3 N–H and O–H groups in total. The summed E-state index contributed by atoms with van der Waals surface area (Å²) in [5.74, 6) is -2.69. The number of nitrogens with one attached hydrogen (secondary N) is 1. The first-order chi connectivity index (χ1) is 16.1. The van der Waals surface area contributed by atoms with Crippen LogP contribution in [0.1, 0.15) is 43.2 Å². The second kappa shape index (κ2) is 9.03. The summed E-state index contributed by atoms with van der Waals surface area (Å²) in [6.45, 7) is 5.60. The third-order valence-corrected chi connectivity index (χ3v) is 6.32. The second-order valence-electron chi connectivity index (χ2n) is 7.81. The molecule has 1 aliphatic heterocycles. The summed E-state index contributed by atoms with van der Waals surface area (Å²) in [5, 5.41) is 22.1.